The van der Waals surface area contributed by atoms with Crippen molar-refractivity contribution in [3.05, 3.63) is 0 Å². The van der Waals surface area contributed by atoms with E-state index in [2.05, 4.69) is 10.2 Å². The highest BCUT2D eigenvalue weighted by molar-refractivity contribution is 4.96. The van der Waals surface area contributed by atoms with E-state index >= 15 is 0 Å². The van der Waals surface area contributed by atoms with Gasteiger partial charge in [0.15, 0.2) is 0 Å². The second-order valence-corrected chi connectivity index (χ2v) is 5.00. The summed E-state index contributed by atoms with van der Waals surface area (Å²) in [4.78, 5) is 2.62. The first kappa shape index (κ1) is 9.13. The molecule has 3 rings (SSSR count). The van der Waals surface area contributed by atoms with E-state index in [9.17, 15) is 0 Å². The molecule has 2 saturated heterocycles. The SMILES string of the molecule is C1COC(CCN2CC3CC3C2)CN1. The van der Waals surface area contributed by atoms with Crippen molar-refractivity contribution in [1.82, 2.24) is 10.2 Å². The number of nitrogens with zero attached hydrogens (tertiary/aromatic N) is 1. The van der Waals surface area contributed by atoms with E-state index in [0.29, 0.717) is 6.10 Å². The maximum absolute atomic E-state index is 5.69. The Bertz CT molecular complexity index is 191. The van der Waals surface area contributed by atoms with Crippen LogP contribution in [0.15, 0.2) is 0 Å². The van der Waals surface area contributed by atoms with Crippen LogP contribution in [0.4, 0.5) is 0 Å². The Labute approximate surface area is 85.8 Å². The van der Waals surface area contributed by atoms with Crippen molar-refractivity contribution in [3.63, 3.8) is 0 Å². The van der Waals surface area contributed by atoms with Crippen molar-refractivity contribution in [1.29, 1.82) is 0 Å². The zero-order valence-corrected chi connectivity index (χ0v) is 8.74. The molecule has 1 N–H and O–H groups in total. The van der Waals surface area contributed by atoms with E-state index < -0.39 is 0 Å². The molecule has 0 bridgehead atoms. The summed E-state index contributed by atoms with van der Waals surface area (Å²) in [5.41, 5.74) is 0. The van der Waals surface area contributed by atoms with Crippen LogP contribution in [0.3, 0.4) is 0 Å². The fraction of sp³-hybridized carbons (Fsp3) is 1.00. The van der Waals surface area contributed by atoms with Gasteiger partial charge in [-0.15, -0.1) is 0 Å². The van der Waals surface area contributed by atoms with Gasteiger partial charge in [0.25, 0.3) is 0 Å². The molecule has 3 aliphatic rings. The molecule has 3 fully saturated rings. The fourth-order valence-electron chi connectivity index (χ4n) is 2.81. The van der Waals surface area contributed by atoms with Crippen LogP contribution < -0.4 is 5.32 Å². The monoisotopic (exact) mass is 196 g/mol. The van der Waals surface area contributed by atoms with Crippen molar-refractivity contribution < 1.29 is 4.74 Å². The Balaban J connectivity index is 1.36. The molecule has 3 nitrogen and oxygen atoms in total. The number of ether oxygens (including phenoxy) is 1. The summed E-state index contributed by atoms with van der Waals surface area (Å²) >= 11 is 0. The van der Waals surface area contributed by atoms with Crippen molar-refractivity contribution in [3.8, 4) is 0 Å². The summed E-state index contributed by atoms with van der Waals surface area (Å²) in [5.74, 6) is 2.14. The lowest BCUT2D eigenvalue weighted by Crippen LogP contribution is -2.40. The van der Waals surface area contributed by atoms with Crippen LogP contribution in [0.1, 0.15) is 12.8 Å². The van der Waals surface area contributed by atoms with Crippen molar-refractivity contribution in [2.24, 2.45) is 11.8 Å². The van der Waals surface area contributed by atoms with Gasteiger partial charge in [0, 0.05) is 32.7 Å². The van der Waals surface area contributed by atoms with Gasteiger partial charge >= 0.3 is 0 Å². The summed E-state index contributed by atoms with van der Waals surface area (Å²) in [7, 11) is 0. The van der Waals surface area contributed by atoms with Crippen LogP contribution in [0.5, 0.6) is 0 Å². The number of hydrogen-bond acceptors (Lipinski definition) is 3. The third kappa shape index (κ3) is 1.95. The lowest BCUT2D eigenvalue weighted by molar-refractivity contribution is 0.0181. The van der Waals surface area contributed by atoms with Crippen LogP contribution in [-0.4, -0.2) is 50.3 Å². The Morgan fingerprint density at radius 2 is 2.14 bits per heavy atom. The second kappa shape index (κ2) is 3.80. The van der Waals surface area contributed by atoms with Crippen molar-refractivity contribution in [2.75, 3.05) is 39.3 Å². The molecular weight excluding hydrogens is 176 g/mol. The number of fused-ring (bicyclic) bond motifs is 1. The lowest BCUT2D eigenvalue weighted by Gasteiger charge is -2.26. The molecule has 0 aromatic rings. The molecule has 1 saturated carbocycles. The van der Waals surface area contributed by atoms with E-state index in [1.807, 2.05) is 0 Å². The molecule has 0 radical (unpaired) electrons. The molecule has 0 amide bonds. The molecule has 3 heteroatoms. The van der Waals surface area contributed by atoms with E-state index in [1.165, 1.54) is 32.5 Å². The summed E-state index contributed by atoms with van der Waals surface area (Å²) in [6.45, 7) is 6.97. The number of piperidine rings is 1. The van der Waals surface area contributed by atoms with E-state index in [-0.39, 0.29) is 0 Å². The molecule has 80 valence electrons. The van der Waals surface area contributed by atoms with Gasteiger partial charge in [0.05, 0.1) is 12.7 Å². The van der Waals surface area contributed by atoms with Crippen LogP contribution in [0, 0.1) is 11.8 Å². The lowest BCUT2D eigenvalue weighted by atomic mass is 10.2. The van der Waals surface area contributed by atoms with Crippen LogP contribution in [0.25, 0.3) is 0 Å². The molecule has 3 unspecified atom stereocenters. The second-order valence-electron chi connectivity index (χ2n) is 5.00. The van der Waals surface area contributed by atoms with E-state index in [1.54, 1.807) is 0 Å². The Morgan fingerprint density at radius 3 is 2.86 bits per heavy atom. The summed E-state index contributed by atoms with van der Waals surface area (Å²) in [6.07, 6.45) is 3.20. The summed E-state index contributed by atoms with van der Waals surface area (Å²) in [5, 5.41) is 3.38. The number of rotatable bonds is 3. The first-order valence-electron chi connectivity index (χ1n) is 5.96. The molecule has 2 heterocycles. The first-order chi connectivity index (χ1) is 6.92. The maximum atomic E-state index is 5.69. The first-order valence-corrected chi connectivity index (χ1v) is 5.96. The summed E-state index contributed by atoms with van der Waals surface area (Å²) < 4.78 is 5.69. The average Bonchev–Trinajstić information content (AvgIpc) is 2.85. The fourth-order valence-corrected chi connectivity index (χ4v) is 2.81. The molecule has 0 spiro atoms. The highest BCUT2D eigenvalue weighted by Crippen LogP contribution is 2.44. The van der Waals surface area contributed by atoms with E-state index in [4.69, 9.17) is 4.74 Å². The van der Waals surface area contributed by atoms with Gasteiger partial charge in [0.1, 0.15) is 0 Å². The van der Waals surface area contributed by atoms with Gasteiger partial charge in [-0.25, -0.2) is 0 Å². The minimum absolute atomic E-state index is 0.473. The van der Waals surface area contributed by atoms with Gasteiger partial charge in [-0.05, 0) is 24.7 Å². The average molecular weight is 196 g/mol. The number of morpholine rings is 1. The third-order valence-corrected chi connectivity index (χ3v) is 3.83. The molecule has 14 heavy (non-hydrogen) atoms. The van der Waals surface area contributed by atoms with Gasteiger partial charge in [-0.2, -0.15) is 0 Å². The zero-order valence-electron chi connectivity index (χ0n) is 8.74. The van der Waals surface area contributed by atoms with Crippen LogP contribution in [-0.2, 0) is 4.74 Å². The van der Waals surface area contributed by atoms with Gasteiger partial charge in [-0.1, -0.05) is 0 Å². The highest BCUT2D eigenvalue weighted by atomic mass is 16.5. The third-order valence-electron chi connectivity index (χ3n) is 3.83. The molecule has 1 aliphatic carbocycles. The van der Waals surface area contributed by atoms with E-state index in [0.717, 1.165) is 31.5 Å². The minimum atomic E-state index is 0.473. The number of nitrogens with one attached hydrogen (secondary N) is 1. The van der Waals surface area contributed by atoms with Gasteiger partial charge in [0.2, 0.25) is 0 Å². The standard InChI is InChI=1S/C11H20N2O/c1(11-6-12-2-4-14-11)3-13-7-9-5-10(9)8-13/h9-12H,1-8H2. The largest absolute Gasteiger partial charge is 0.376 e. The van der Waals surface area contributed by atoms with Crippen molar-refractivity contribution >= 4 is 0 Å². The number of hydrogen-bond donors (Lipinski definition) is 1. The predicted octanol–water partition coefficient (Wildman–Crippen LogP) is 0.317. The molecule has 2 aliphatic heterocycles. The van der Waals surface area contributed by atoms with Gasteiger partial charge in [-0.3, -0.25) is 0 Å². The van der Waals surface area contributed by atoms with Gasteiger partial charge < -0.3 is 15.0 Å². The summed E-state index contributed by atoms with van der Waals surface area (Å²) in [6, 6.07) is 0. The predicted molar refractivity (Wildman–Crippen MR) is 55.3 cm³/mol. The molecule has 3 atom stereocenters. The quantitative estimate of drug-likeness (QED) is 0.703. The normalized spacial score (nSPS) is 42.4. The van der Waals surface area contributed by atoms with Crippen LogP contribution in [0.2, 0.25) is 0 Å². The van der Waals surface area contributed by atoms with Crippen LogP contribution >= 0.6 is 0 Å². The zero-order chi connectivity index (χ0) is 9.38. The Morgan fingerprint density at radius 1 is 1.29 bits per heavy atom. The molecule has 0 aromatic carbocycles. The smallest absolute Gasteiger partial charge is 0.0712 e. The maximum Gasteiger partial charge on any atom is 0.0712 e. The number of likely N-dealkylation sites (tertiary alicyclic amines) is 1. The molecule has 0 aromatic heterocycles. The Hall–Kier alpha value is -0.120. The van der Waals surface area contributed by atoms with Crippen molar-refractivity contribution in [2.45, 2.75) is 18.9 Å². The topological polar surface area (TPSA) is 24.5 Å². The minimum Gasteiger partial charge on any atom is -0.376 e. The Kier molecular flexibility index (Phi) is 2.48. The molecular formula is C11H20N2O. The highest BCUT2D eigenvalue weighted by Gasteiger charge is 2.44.